The molecule has 0 aliphatic carbocycles. The Bertz CT molecular complexity index is 751. The number of anilines is 1. The zero-order valence-electron chi connectivity index (χ0n) is 14.6. The fourth-order valence-corrected chi connectivity index (χ4v) is 2.58. The van der Waals surface area contributed by atoms with Gasteiger partial charge >= 0.3 is 11.8 Å². The molecule has 2 amide bonds. The van der Waals surface area contributed by atoms with Crippen molar-refractivity contribution in [2.45, 2.75) is 40.2 Å². The van der Waals surface area contributed by atoms with Crippen molar-refractivity contribution in [3.63, 3.8) is 0 Å². The minimum atomic E-state index is -0.639. The Morgan fingerprint density at radius 3 is 2.25 bits per heavy atom. The Labute approximate surface area is 143 Å². The predicted octanol–water partition coefficient (Wildman–Crippen LogP) is 3.68. The molecule has 4 nitrogen and oxygen atoms in total. The van der Waals surface area contributed by atoms with Crippen LogP contribution in [0.5, 0.6) is 0 Å². The lowest BCUT2D eigenvalue weighted by Gasteiger charge is -2.16. The molecule has 0 spiro atoms. The Hall–Kier alpha value is -2.62. The molecule has 0 aliphatic rings. The van der Waals surface area contributed by atoms with Gasteiger partial charge in [0.15, 0.2) is 0 Å². The number of hydrogen-bond donors (Lipinski definition) is 2. The molecule has 2 rings (SSSR count). The highest BCUT2D eigenvalue weighted by atomic mass is 16.2. The van der Waals surface area contributed by atoms with Crippen LogP contribution in [0.15, 0.2) is 42.5 Å². The third kappa shape index (κ3) is 4.22. The van der Waals surface area contributed by atoms with E-state index in [1.54, 1.807) is 0 Å². The van der Waals surface area contributed by atoms with Crippen LogP contribution in [-0.2, 0) is 16.1 Å². The summed E-state index contributed by atoms with van der Waals surface area (Å²) in [7, 11) is 0. The first kappa shape index (κ1) is 17.7. The molecular formula is C20H24N2O2. The largest absolute Gasteiger partial charge is 0.344 e. The summed E-state index contributed by atoms with van der Waals surface area (Å²) in [4.78, 5) is 24.3. The van der Waals surface area contributed by atoms with Crippen LogP contribution in [0.2, 0.25) is 0 Å². The van der Waals surface area contributed by atoms with E-state index in [9.17, 15) is 9.59 Å². The summed E-state index contributed by atoms with van der Waals surface area (Å²) in [6.45, 7) is 8.35. The van der Waals surface area contributed by atoms with E-state index in [1.807, 2.05) is 56.3 Å². The summed E-state index contributed by atoms with van der Waals surface area (Å²) in [5.41, 5.74) is 4.77. The monoisotopic (exact) mass is 324 g/mol. The lowest BCUT2D eigenvalue weighted by Crippen LogP contribution is -2.35. The Balaban J connectivity index is 2.05. The van der Waals surface area contributed by atoms with Crippen LogP contribution in [-0.4, -0.2) is 11.8 Å². The van der Waals surface area contributed by atoms with E-state index >= 15 is 0 Å². The van der Waals surface area contributed by atoms with E-state index < -0.39 is 11.8 Å². The van der Waals surface area contributed by atoms with Crippen LogP contribution in [0.4, 0.5) is 5.69 Å². The highest BCUT2D eigenvalue weighted by Crippen LogP contribution is 2.27. The van der Waals surface area contributed by atoms with Crippen molar-refractivity contribution in [3.8, 4) is 0 Å². The number of carbonyl (C=O) groups is 2. The quantitative estimate of drug-likeness (QED) is 0.843. The summed E-state index contributed by atoms with van der Waals surface area (Å²) in [5.74, 6) is -1.01. The number of nitrogens with one attached hydrogen (secondary N) is 2. The van der Waals surface area contributed by atoms with Crippen LogP contribution in [0.1, 0.15) is 42.0 Å². The molecule has 2 aromatic carbocycles. The first-order valence-electron chi connectivity index (χ1n) is 8.13. The molecule has 0 aliphatic heterocycles. The van der Waals surface area contributed by atoms with Crippen LogP contribution in [0, 0.1) is 13.8 Å². The smallest absolute Gasteiger partial charge is 0.313 e. The molecule has 24 heavy (non-hydrogen) atoms. The van der Waals surface area contributed by atoms with E-state index in [4.69, 9.17) is 0 Å². The molecule has 0 saturated heterocycles. The van der Waals surface area contributed by atoms with Gasteiger partial charge in [0.1, 0.15) is 0 Å². The third-order valence-electron chi connectivity index (χ3n) is 4.07. The van der Waals surface area contributed by atoms with Gasteiger partial charge in [-0.2, -0.15) is 0 Å². The van der Waals surface area contributed by atoms with Crippen LogP contribution in [0.3, 0.4) is 0 Å². The molecule has 0 radical (unpaired) electrons. The number of benzene rings is 2. The number of aryl methyl sites for hydroxylation is 2. The summed E-state index contributed by atoms with van der Waals surface area (Å²) in [5, 5.41) is 5.44. The van der Waals surface area contributed by atoms with Crippen LogP contribution >= 0.6 is 0 Å². The molecule has 0 bridgehead atoms. The lowest BCUT2D eigenvalue weighted by molar-refractivity contribution is -0.136. The minimum absolute atomic E-state index is 0.259. The molecular weight excluding hydrogens is 300 g/mol. The second-order valence-corrected chi connectivity index (χ2v) is 6.26. The first-order valence-corrected chi connectivity index (χ1v) is 8.13. The highest BCUT2D eigenvalue weighted by molar-refractivity contribution is 6.39. The van der Waals surface area contributed by atoms with Gasteiger partial charge in [0.05, 0.1) is 0 Å². The molecule has 2 aromatic rings. The number of hydrogen-bond acceptors (Lipinski definition) is 2. The molecule has 0 heterocycles. The Morgan fingerprint density at radius 2 is 1.58 bits per heavy atom. The SMILES string of the molecule is Cc1ccccc1CNC(=O)C(=O)Nc1c(C)cccc1C(C)C. The van der Waals surface area contributed by atoms with Gasteiger partial charge in [-0.3, -0.25) is 9.59 Å². The molecule has 0 saturated carbocycles. The fourth-order valence-electron chi connectivity index (χ4n) is 2.58. The summed E-state index contributed by atoms with van der Waals surface area (Å²) in [6.07, 6.45) is 0. The fraction of sp³-hybridized carbons (Fsp3) is 0.300. The van der Waals surface area contributed by atoms with Crippen LogP contribution in [0.25, 0.3) is 0 Å². The summed E-state index contributed by atoms with van der Waals surface area (Å²) >= 11 is 0. The van der Waals surface area contributed by atoms with Gasteiger partial charge < -0.3 is 10.6 Å². The molecule has 0 fully saturated rings. The van der Waals surface area contributed by atoms with E-state index in [2.05, 4.69) is 24.5 Å². The number of para-hydroxylation sites is 1. The van der Waals surface area contributed by atoms with E-state index in [1.165, 1.54) is 0 Å². The van der Waals surface area contributed by atoms with Gasteiger partial charge in [0.25, 0.3) is 0 Å². The van der Waals surface area contributed by atoms with Crippen molar-refractivity contribution >= 4 is 17.5 Å². The highest BCUT2D eigenvalue weighted by Gasteiger charge is 2.17. The molecule has 0 aromatic heterocycles. The van der Waals surface area contributed by atoms with Gasteiger partial charge in [0, 0.05) is 12.2 Å². The molecule has 0 unspecified atom stereocenters. The average Bonchev–Trinajstić information content (AvgIpc) is 2.55. The van der Waals surface area contributed by atoms with Crippen LogP contribution < -0.4 is 10.6 Å². The Morgan fingerprint density at radius 1 is 0.917 bits per heavy atom. The lowest BCUT2D eigenvalue weighted by atomic mass is 9.98. The van der Waals surface area contributed by atoms with E-state index in [0.717, 1.165) is 27.9 Å². The number of carbonyl (C=O) groups excluding carboxylic acids is 2. The maximum atomic E-state index is 12.2. The topological polar surface area (TPSA) is 58.2 Å². The number of rotatable bonds is 4. The predicted molar refractivity (Wildman–Crippen MR) is 96.9 cm³/mol. The van der Waals surface area contributed by atoms with Crippen molar-refractivity contribution in [2.75, 3.05) is 5.32 Å². The van der Waals surface area contributed by atoms with Crippen molar-refractivity contribution in [1.29, 1.82) is 0 Å². The molecule has 2 N–H and O–H groups in total. The summed E-state index contributed by atoms with van der Waals surface area (Å²) < 4.78 is 0. The van der Waals surface area contributed by atoms with Gasteiger partial charge in [-0.1, -0.05) is 56.3 Å². The van der Waals surface area contributed by atoms with Gasteiger partial charge in [0.2, 0.25) is 0 Å². The average molecular weight is 324 g/mol. The standard InChI is InChI=1S/C20H24N2O2/c1-13(2)17-11-7-9-15(4)18(17)22-20(24)19(23)21-12-16-10-6-5-8-14(16)3/h5-11,13H,12H2,1-4H3,(H,21,23)(H,22,24). The normalized spacial score (nSPS) is 10.5. The minimum Gasteiger partial charge on any atom is -0.344 e. The van der Waals surface area contributed by atoms with Gasteiger partial charge in [-0.25, -0.2) is 0 Å². The molecule has 4 heteroatoms. The maximum Gasteiger partial charge on any atom is 0.313 e. The molecule has 0 atom stereocenters. The second kappa shape index (κ2) is 7.77. The summed E-state index contributed by atoms with van der Waals surface area (Å²) in [6, 6.07) is 13.6. The van der Waals surface area contributed by atoms with Crippen molar-refractivity contribution in [1.82, 2.24) is 5.32 Å². The molecule has 126 valence electrons. The second-order valence-electron chi connectivity index (χ2n) is 6.26. The van der Waals surface area contributed by atoms with Crippen molar-refractivity contribution in [3.05, 3.63) is 64.7 Å². The van der Waals surface area contributed by atoms with E-state index in [-0.39, 0.29) is 5.92 Å². The van der Waals surface area contributed by atoms with Crippen molar-refractivity contribution in [2.24, 2.45) is 0 Å². The maximum absolute atomic E-state index is 12.2. The Kier molecular flexibility index (Phi) is 5.74. The van der Waals surface area contributed by atoms with Gasteiger partial charge in [-0.15, -0.1) is 0 Å². The third-order valence-corrected chi connectivity index (χ3v) is 4.07. The zero-order chi connectivity index (χ0) is 17.7. The zero-order valence-corrected chi connectivity index (χ0v) is 14.6. The van der Waals surface area contributed by atoms with Crippen molar-refractivity contribution < 1.29 is 9.59 Å². The van der Waals surface area contributed by atoms with E-state index in [0.29, 0.717) is 6.54 Å². The first-order chi connectivity index (χ1) is 11.4. The number of amides is 2. The van der Waals surface area contributed by atoms with Gasteiger partial charge in [-0.05, 0) is 42.0 Å².